The third kappa shape index (κ3) is 5.48. The van der Waals surface area contributed by atoms with E-state index in [0.717, 1.165) is 0 Å². The monoisotopic (exact) mass is 258 g/mol. The van der Waals surface area contributed by atoms with E-state index < -0.39 is 16.9 Å². The van der Waals surface area contributed by atoms with Crippen LogP contribution in [0.3, 0.4) is 0 Å². The van der Waals surface area contributed by atoms with Crippen LogP contribution in [0.1, 0.15) is 34.6 Å². The number of rotatable bonds is 9. The normalized spacial score (nSPS) is 12.3. The van der Waals surface area contributed by atoms with E-state index in [1.54, 1.807) is 27.7 Å². The summed E-state index contributed by atoms with van der Waals surface area (Å²) in [6.07, 6.45) is 0.257. The second kappa shape index (κ2) is 6.72. The van der Waals surface area contributed by atoms with Crippen LogP contribution in [0.15, 0.2) is 0 Å². The second-order valence-corrected chi connectivity index (χ2v) is 5.17. The molecule has 0 heterocycles. The molecule has 0 spiro atoms. The lowest BCUT2D eigenvalue weighted by atomic mass is 10.0. The molecule has 6 nitrogen and oxygen atoms in total. The molecule has 6 heteroatoms. The van der Waals surface area contributed by atoms with E-state index in [0.29, 0.717) is 6.54 Å². The van der Waals surface area contributed by atoms with E-state index >= 15 is 0 Å². The van der Waals surface area contributed by atoms with E-state index in [4.69, 9.17) is 4.84 Å². The molecule has 2 N–H and O–H groups in total. The molecule has 18 heavy (non-hydrogen) atoms. The molecule has 0 rings (SSSR count). The highest BCUT2D eigenvalue weighted by Gasteiger charge is 2.27. The van der Waals surface area contributed by atoms with E-state index in [1.165, 1.54) is 6.92 Å². The standard InChI is InChI=1S/C12H22N2O4/c1-9(16)11(2,3)13-6-7-18-14-12(4,5)10(17)8-15/h8,13-14H,6-7H2,1-5H3. The molecular formula is C12H22N2O4. The molecule has 0 unspecified atom stereocenters. The first-order valence-electron chi connectivity index (χ1n) is 5.78. The Kier molecular flexibility index (Phi) is 6.31. The summed E-state index contributed by atoms with van der Waals surface area (Å²) in [7, 11) is 0. The Labute approximate surface area is 107 Å². The average Bonchev–Trinajstić information content (AvgIpc) is 2.26. The van der Waals surface area contributed by atoms with Crippen molar-refractivity contribution in [3.05, 3.63) is 0 Å². The molecule has 0 aromatic rings. The fourth-order valence-corrected chi connectivity index (χ4v) is 0.968. The van der Waals surface area contributed by atoms with Crippen LogP contribution in [0.5, 0.6) is 0 Å². The minimum Gasteiger partial charge on any atom is -0.303 e. The first kappa shape index (κ1) is 16.9. The number of ketones is 2. The molecule has 0 bridgehead atoms. The van der Waals surface area contributed by atoms with Crippen LogP contribution in [-0.4, -0.2) is 42.1 Å². The highest BCUT2D eigenvalue weighted by Crippen LogP contribution is 2.03. The number of hydroxylamine groups is 1. The first-order valence-corrected chi connectivity index (χ1v) is 5.78. The lowest BCUT2D eigenvalue weighted by Crippen LogP contribution is -2.50. The van der Waals surface area contributed by atoms with Gasteiger partial charge in [-0.25, -0.2) is 0 Å². The third-order valence-electron chi connectivity index (χ3n) is 2.70. The Hall–Kier alpha value is -1.11. The van der Waals surface area contributed by atoms with Crippen LogP contribution in [0, 0.1) is 0 Å². The first-order chi connectivity index (χ1) is 8.13. The number of hydrogen-bond acceptors (Lipinski definition) is 6. The molecule has 0 saturated heterocycles. The molecule has 0 amide bonds. The zero-order valence-corrected chi connectivity index (χ0v) is 11.6. The van der Waals surface area contributed by atoms with Gasteiger partial charge in [-0.15, -0.1) is 0 Å². The maximum atomic E-state index is 11.2. The molecular weight excluding hydrogens is 236 g/mol. The SMILES string of the molecule is CC(=O)C(C)(C)NCCONC(C)(C)C(=O)C=O. The molecule has 0 aromatic carbocycles. The number of nitrogens with one attached hydrogen (secondary N) is 2. The summed E-state index contributed by atoms with van der Waals surface area (Å²) < 4.78 is 0. The molecule has 0 aromatic heterocycles. The molecule has 0 saturated carbocycles. The van der Waals surface area contributed by atoms with Gasteiger partial charge in [-0.2, -0.15) is 5.48 Å². The highest BCUT2D eigenvalue weighted by atomic mass is 16.6. The van der Waals surface area contributed by atoms with Crippen molar-refractivity contribution < 1.29 is 19.2 Å². The van der Waals surface area contributed by atoms with Gasteiger partial charge in [-0.05, 0) is 34.6 Å². The van der Waals surface area contributed by atoms with Crippen LogP contribution >= 0.6 is 0 Å². The van der Waals surface area contributed by atoms with Gasteiger partial charge in [0.1, 0.15) is 11.3 Å². The number of carbonyl (C=O) groups excluding carboxylic acids is 3. The fraction of sp³-hybridized carbons (Fsp3) is 0.750. The third-order valence-corrected chi connectivity index (χ3v) is 2.70. The van der Waals surface area contributed by atoms with Gasteiger partial charge in [0.2, 0.25) is 5.78 Å². The molecule has 0 fully saturated rings. The van der Waals surface area contributed by atoms with Crippen LogP contribution < -0.4 is 10.8 Å². The highest BCUT2D eigenvalue weighted by molar-refractivity contribution is 6.28. The van der Waals surface area contributed by atoms with E-state index in [-0.39, 0.29) is 18.7 Å². The summed E-state index contributed by atoms with van der Waals surface area (Å²) in [6.45, 7) is 8.90. The summed E-state index contributed by atoms with van der Waals surface area (Å²) >= 11 is 0. The predicted octanol–water partition coefficient (Wildman–Crippen LogP) is 0.0114. The predicted molar refractivity (Wildman–Crippen MR) is 67.0 cm³/mol. The average molecular weight is 258 g/mol. The molecule has 0 aliphatic carbocycles. The summed E-state index contributed by atoms with van der Waals surface area (Å²) in [5.74, 6) is -0.550. The summed E-state index contributed by atoms with van der Waals surface area (Å²) in [6, 6.07) is 0. The smallest absolute Gasteiger partial charge is 0.216 e. The van der Waals surface area contributed by atoms with Crippen molar-refractivity contribution in [1.82, 2.24) is 10.8 Å². The summed E-state index contributed by atoms with van der Waals surface area (Å²) in [5.41, 5.74) is 0.876. The van der Waals surface area contributed by atoms with Crippen LogP contribution in [0.4, 0.5) is 0 Å². The van der Waals surface area contributed by atoms with E-state index in [2.05, 4.69) is 10.8 Å². The van der Waals surface area contributed by atoms with Gasteiger partial charge in [0, 0.05) is 6.54 Å². The topological polar surface area (TPSA) is 84.5 Å². The lowest BCUT2D eigenvalue weighted by Gasteiger charge is -2.24. The second-order valence-electron chi connectivity index (χ2n) is 5.17. The Balaban J connectivity index is 3.92. The van der Waals surface area contributed by atoms with Crippen molar-refractivity contribution in [2.24, 2.45) is 0 Å². The number of aldehydes is 1. The van der Waals surface area contributed by atoms with Crippen molar-refractivity contribution >= 4 is 17.9 Å². The van der Waals surface area contributed by atoms with Gasteiger partial charge in [-0.1, -0.05) is 0 Å². The lowest BCUT2D eigenvalue weighted by molar-refractivity contribution is -0.138. The molecule has 0 aliphatic rings. The van der Waals surface area contributed by atoms with E-state index in [9.17, 15) is 14.4 Å². The van der Waals surface area contributed by atoms with Gasteiger partial charge >= 0.3 is 0 Å². The van der Waals surface area contributed by atoms with Crippen molar-refractivity contribution in [1.29, 1.82) is 0 Å². The van der Waals surface area contributed by atoms with Gasteiger partial charge in [-0.3, -0.25) is 19.2 Å². The number of Topliss-reactive ketones (excluding diaryl/α,β-unsaturated/α-hetero) is 2. The van der Waals surface area contributed by atoms with Gasteiger partial charge in [0.15, 0.2) is 6.29 Å². The van der Waals surface area contributed by atoms with Crippen molar-refractivity contribution in [2.45, 2.75) is 45.7 Å². The maximum absolute atomic E-state index is 11.2. The van der Waals surface area contributed by atoms with Gasteiger partial charge in [0.25, 0.3) is 0 Å². The molecule has 0 atom stereocenters. The maximum Gasteiger partial charge on any atom is 0.216 e. The fourth-order valence-electron chi connectivity index (χ4n) is 0.968. The number of carbonyl (C=O) groups is 3. The van der Waals surface area contributed by atoms with E-state index in [1.807, 2.05) is 0 Å². The molecule has 0 aliphatic heterocycles. The van der Waals surface area contributed by atoms with Crippen molar-refractivity contribution in [3.63, 3.8) is 0 Å². The zero-order chi connectivity index (χ0) is 14.4. The Morgan fingerprint density at radius 3 is 2.17 bits per heavy atom. The van der Waals surface area contributed by atoms with Crippen molar-refractivity contribution in [3.8, 4) is 0 Å². The Bertz CT molecular complexity index is 324. The number of hydrogen-bond donors (Lipinski definition) is 2. The van der Waals surface area contributed by atoms with Crippen LogP contribution in [-0.2, 0) is 19.2 Å². The minimum absolute atomic E-state index is 0.0342. The zero-order valence-electron chi connectivity index (χ0n) is 11.6. The van der Waals surface area contributed by atoms with Gasteiger partial charge in [0.05, 0.1) is 12.1 Å². The largest absolute Gasteiger partial charge is 0.303 e. The summed E-state index contributed by atoms with van der Waals surface area (Å²) in [4.78, 5) is 37.8. The van der Waals surface area contributed by atoms with Crippen molar-refractivity contribution in [2.75, 3.05) is 13.2 Å². The molecule has 104 valence electrons. The summed E-state index contributed by atoms with van der Waals surface area (Å²) in [5, 5.41) is 3.02. The van der Waals surface area contributed by atoms with Gasteiger partial charge < -0.3 is 5.32 Å². The Morgan fingerprint density at radius 2 is 1.72 bits per heavy atom. The van der Waals surface area contributed by atoms with Crippen LogP contribution in [0.2, 0.25) is 0 Å². The quantitative estimate of drug-likeness (QED) is 0.262. The minimum atomic E-state index is -1.04. The molecule has 0 radical (unpaired) electrons. The van der Waals surface area contributed by atoms with Crippen LogP contribution in [0.25, 0.3) is 0 Å². The Morgan fingerprint density at radius 1 is 1.17 bits per heavy atom.